The summed E-state index contributed by atoms with van der Waals surface area (Å²) in [4.78, 5) is 24.2. The topological polar surface area (TPSA) is 58.2 Å². The van der Waals surface area contributed by atoms with Crippen LogP contribution < -0.4 is 10.6 Å². The monoisotopic (exact) mass is 386 g/mol. The Morgan fingerprint density at radius 1 is 1.00 bits per heavy atom. The van der Waals surface area contributed by atoms with Crippen LogP contribution in [0.5, 0.6) is 0 Å². The zero-order valence-electron chi connectivity index (χ0n) is 13.3. The largest absolute Gasteiger partial charge is 0.343 e. The SMILES string of the molecule is O=C(CNC(=O)c1ccc(Br)cc1)Nc1cccc2c1CCCC2. The summed E-state index contributed by atoms with van der Waals surface area (Å²) in [7, 11) is 0. The summed E-state index contributed by atoms with van der Waals surface area (Å²) in [5.41, 5.74) is 3.95. The quantitative estimate of drug-likeness (QED) is 0.841. The minimum Gasteiger partial charge on any atom is -0.343 e. The van der Waals surface area contributed by atoms with Gasteiger partial charge in [-0.05, 0) is 67.1 Å². The molecule has 0 unspecified atom stereocenters. The molecule has 0 heterocycles. The highest BCUT2D eigenvalue weighted by atomic mass is 79.9. The number of hydrogen-bond donors (Lipinski definition) is 2. The standard InChI is InChI=1S/C19H19BrN2O2/c20-15-10-8-14(9-11-15)19(24)21-12-18(23)22-17-7-3-5-13-4-1-2-6-16(13)17/h3,5,7-11H,1-2,4,6,12H2,(H,21,24)(H,22,23). The Bertz CT molecular complexity index is 756. The van der Waals surface area contributed by atoms with Crippen LogP contribution in [0, 0.1) is 0 Å². The first-order chi connectivity index (χ1) is 11.6. The number of carbonyl (C=O) groups is 2. The number of carbonyl (C=O) groups excluding carboxylic acids is 2. The number of benzene rings is 2. The molecular formula is C19H19BrN2O2. The molecule has 124 valence electrons. The molecule has 2 aromatic carbocycles. The Hall–Kier alpha value is -2.14. The normalized spacial score (nSPS) is 13.0. The van der Waals surface area contributed by atoms with E-state index in [0.29, 0.717) is 5.56 Å². The number of anilines is 1. The van der Waals surface area contributed by atoms with Crippen LogP contribution >= 0.6 is 15.9 Å². The number of amides is 2. The molecule has 0 atom stereocenters. The van der Waals surface area contributed by atoms with E-state index in [4.69, 9.17) is 0 Å². The maximum atomic E-state index is 12.2. The number of hydrogen-bond acceptors (Lipinski definition) is 2. The van der Waals surface area contributed by atoms with Crippen LogP contribution in [0.15, 0.2) is 46.9 Å². The predicted octanol–water partition coefficient (Wildman–Crippen LogP) is 3.70. The van der Waals surface area contributed by atoms with Gasteiger partial charge in [0.1, 0.15) is 0 Å². The fourth-order valence-corrected chi connectivity index (χ4v) is 3.22. The van der Waals surface area contributed by atoms with Gasteiger partial charge in [-0.3, -0.25) is 9.59 Å². The Morgan fingerprint density at radius 2 is 1.75 bits per heavy atom. The van der Waals surface area contributed by atoms with Gasteiger partial charge in [-0.15, -0.1) is 0 Å². The Kier molecular flexibility index (Phi) is 5.30. The van der Waals surface area contributed by atoms with Crippen molar-refractivity contribution in [3.63, 3.8) is 0 Å². The number of nitrogens with one attached hydrogen (secondary N) is 2. The zero-order valence-corrected chi connectivity index (χ0v) is 14.9. The Balaban J connectivity index is 1.58. The number of halogens is 1. The maximum absolute atomic E-state index is 12.2. The van der Waals surface area contributed by atoms with Crippen molar-refractivity contribution in [1.82, 2.24) is 5.32 Å². The third-order valence-electron chi connectivity index (χ3n) is 4.19. The van der Waals surface area contributed by atoms with E-state index in [1.165, 1.54) is 17.5 Å². The maximum Gasteiger partial charge on any atom is 0.251 e. The first-order valence-electron chi connectivity index (χ1n) is 8.08. The highest BCUT2D eigenvalue weighted by Gasteiger charge is 2.15. The van der Waals surface area contributed by atoms with Crippen molar-refractivity contribution in [1.29, 1.82) is 0 Å². The fraction of sp³-hybridized carbons (Fsp3) is 0.263. The highest BCUT2D eigenvalue weighted by molar-refractivity contribution is 9.10. The molecule has 0 aromatic heterocycles. The van der Waals surface area contributed by atoms with E-state index < -0.39 is 0 Å². The smallest absolute Gasteiger partial charge is 0.251 e. The molecule has 3 rings (SSSR count). The van der Waals surface area contributed by atoms with E-state index in [1.54, 1.807) is 24.3 Å². The van der Waals surface area contributed by atoms with Crippen molar-refractivity contribution in [2.75, 3.05) is 11.9 Å². The van der Waals surface area contributed by atoms with Crippen molar-refractivity contribution >= 4 is 33.4 Å². The Morgan fingerprint density at radius 3 is 2.54 bits per heavy atom. The highest BCUT2D eigenvalue weighted by Crippen LogP contribution is 2.27. The van der Waals surface area contributed by atoms with Gasteiger partial charge in [0.05, 0.1) is 6.54 Å². The summed E-state index contributed by atoms with van der Waals surface area (Å²) < 4.78 is 0.908. The molecule has 4 nitrogen and oxygen atoms in total. The second-order valence-corrected chi connectivity index (χ2v) is 6.80. The van der Waals surface area contributed by atoms with E-state index in [0.717, 1.165) is 29.4 Å². The summed E-state index contributed by atoms with van der Waals surface area (Å²) in [6.07, 6.45) is 4.42. The third-order valence-corrected chi connectivity index (χ3v) is 4.71. The lowest BCUT2D eigenvalue weighted by Gasteiger charge is -2.19. The molecule has 0 radical (unpaired) electrons. The zero-order chi connectivity index (χ0) is 16.9. The van der Waals surface area contributed by atoms with E-state index >= 15 is 0 Å². The molecule has 24 heavy (non-hydrogen) atoms. The van der Waals surface area contributed by atoms with Gasteiger partial charge in [-0.2, -0.15) is 0 Å². The van der Waals surface area contributed by atoms with Gasteiger partial charge in [-0.1, -0.05) is 28.1 Å². The molecule has 1 aliphatic rings. The van der Waals surface area contributed by atoms with Gasteiger partial charge in [0.2, 0.25) is 5.91 Å². The number of aryl methyl sites for hydroxylation is 1. The molecule has 0 fully saturated rings. The van der Waals surface area contributed by atoms with Crippen molar-refractivity contribution in [3.8, 4) is 0 Å². The molecule has 1 aliphatic carbocycles. The van der Waals surface area contributed by atoms with Gasteiger partial charge < -0.3 is 10.6 Å². The average molecular weight is 387 g/mol. The number of fused-ring (bicyclic) bond motifs is 1. The second-order valence-electron chi connectivity index (χ2n) is 5.89. The first kappa shape index (κ1) is 16.7. The summed E-state index contributed by atoms with van der Waals surface area (Å²) in [5, 5.41) is 5.58. The average Bonchev–Trinajstić information content (AvgIpc) is 2.61. The lowest BCUT2D eigenvalue weighted by molar-refractivity contribution is -0.115. The summed E-state index contributed by atoms with van der Waals surface area (Å²) in [6.45, 7) is -0.0431. The van der Waals surface area contributed by atoms with Crippen LogP contribution in [0.3, 0.4) is 0 Å². The van der Waals surface area contributed by atoms with Crippen LogP contribution in [0.1, 0.15) is 34.3 Å². The van der Waals surface area contributed by atoms with Crippen LogP contribution in [0.25, 0.3) is 0 Å². The summed E-state index contributed by atoms with van der Waals surface area (Å²) in [6, 6.07) is 13.0. The minimum atomic E-state index is -0.257. The number of rotatable bonds is 4. The molecule has 0 saturated carbocycles. The van der Waals surface area contributed by atoms with Crippen molar-refractivity contribution in [2.24, 2.45) is 0 Å². The van der Waals surface area contributed by atoms with E-state index in [1.807, 2.05) is 12.1 Å². The fourth-order valence-electron chi connectivity index (χ4n) is 2.96. The lowest BCUT2D eigenvalue weighted by Crippen LogP contribution is -2.33. The van der Waals surface area contributed by atoms with E-state index in [2.05, 4.69) is 32.6 Å². The van der Waals surface area contributed by atoms with Crippen LogP contribution in [-0.2, 0) is 17.6 Å². The summed E-state index contributed by atoms with van der Waals surface area (Å²) in [5.74, 6) is -0.466. The van der Waals surface area contributed by atoms with E-state index in [9.17, 15) is 9.59 Å². The molecule has 2 N–H and O–H groups in total. The van der Waals surface area contributed by atoms with Gasteiger partial charge in [0, 0.05) is 15.7 Å². The van der Waals surface area contributed by atoms with Gasteiger partial charge >= 0.3 is 0 Å². The van der Waals surface area contributed by atoms with Gasteiger partial charge in [0.25, 0.3) is 5.91 Å². The molecule has 5 heteroatoms. The Labute approximate surface area is 149 Å². The van der Waals surface area contributed by atoms with Crippen LogP contribution in [-0.4, -0.2) is 18.4 Å². The summed E-state index contributed by atoms with van der Waals surface area (Å²) >= 11 is 3.33. The van der Waals surface area contributed by atoms with E-state index in [-0.39, 0.29) is 18.4 Å². The van der Waals surface area contributed by atoms with Crippen molar-refractivity contribution in [2.45, 2.75) is 25.7 Å². The van der Waals surface area contributed by atoms with Crippen LogP contribution in [0.2, 0.25) is 0 Å². The molecule has 0 spiro atoms. The van der Waals surface area contributed by atoms with Crippen LogP contribution in [0.4, 0.5) is 5.69 Å². The predicted molar refractivity (Wildman–Crippen MR) is 98.2 cm³/mol. The minimum absolute atomic E-state index is 0.0431. The molecular weight excluding hydrogens is 368 g/mol. The molecule has 2 amide bonds. The molecule has 0 aliphatic heterocycles. The molecule has 0 saturated heterocycles. The second kappa shape index (κ2) is 7.62. The lowest BCUT2D eigenvalue weighted by atomic mass is 9.90. The van der Waals surface area contributed by atoms with Gasteiger partial charge in [-0.25, -0.2) is 0 Å². The van der Waals surface area contributed by atoms with Crippen molar-refractivity contribution in [3.05, 3.63) is 63.6 Å². The third kappa shape index (κ3) is 4.03. The molecule has 2 aromatic rings. The van der Waals surface area contributed by atoms with Gasteiger partial charge in [0.15, 0.2) is 0 Å². The molecule has 0 bridgehead atoms. The first-order valence-corrected chi connectivity index (χ1v) is 8.87. The van der Waals surface area contributed by atoms with Crippen molar-refractivity contribution < 1.29 is 9.59 Å².